The fourth-order valence-corrected chi connectivity index (χ4v) is 1.42. The first-order valence-electron chi connectivity index (χ1n) is 5.19. The molecule has 1 aromatic carbocycles. The van der Waals surface area contributed by atoms with E-state index in [2.05, 4.69) is 31.3 Å². The number of hydrogen-bond acceptors (Lipinski definition) is 1. The van der Waals surface area contributed by atoms with Crippen LogP contribution in [-0.4, -0.2) is 11.2 Å². The third-order valence-corrected chi connectivity index (χ3v) is 2.58. The van der Waals surface area contributed by atoms with Crippen molar-refractivity contribution in [1.82, 2.24) is 5.32 Å². The molecule has 0 aromatic heterocycles. The van der Waals surface area contributed by atoms with Gasteiger partial charge in [-0.1, -0.05) is 38.1 Å². The summed E-state index contributed by atoms with van der Waals surface area (Å²) in [5.74, 6) is 0.523. The first-order chi connectivity index (χ1) is 7.13. The molecule has 0 aliphatic heterocycles. The summed E-state index contributed by atoms with van der Waals surface area (Å²) in [6, 6.07) is 8.05. The quantitative estimate of drug-likeness (QED) is 0.797. The molecule has 0 heterocycles. The first kappa shape index (κ1) is 11.6. The summed E-state index contributed by atoms with van der Waals surface area (Å²) in [7, 11) is 0. The normalized spacial score (nSPS) is 12.1. The van der Waals surface area contributed by atoms with Gasteiger partial charge >= 0.3 is 6.09 Å². The predicted molar refractivity (Wildman–Crippen MR) is 60.0 cm³/mol. The molecule has 3 nitrogen and oxygen atoms in total. The van der Waals surface area contributed by atoms with E-state index >= 15 is 0 Å². The lowest BCUT2D eigenvalue weighted by molar-refractivity contribution is 0.194. The fourth-order valence-electron chi connectivity index (χ4n) is 1.42. The smallest absolute Gasteiger partial charge is 0.404 e. The van der Waals surface area contributed by atoms with E-state index in [-0.39, 0.29) is 0 Å². The minimum atomic E-state index is -0.982. The number of hydrogen-bond donors (Lipinski definition) is 2. The van der Waals surface area contributed by atoms with Gasteiger partial charge in [0, 0.05) is 6.54 Å². The van der Waals surface area contributed by atoms with Crippen molar-refractivity contribution in [1.29, 1.82) is 0 Å². The van der Waals surface area contributed by atoms with Crippen LogP contribution in [0.25, 0.3) is 0 Å². The van der Waals surface area contributed by atoms with Crippen molar-refractivity contribution in [3.05, 3.63) is 35.4 Å². The Morgan fingerprint density at radius 1 is 1.53 bits per heavy atom. The molecule has 0 aliphatic carbocycles. The number of carboxylic acid groups (broad SMARTS) is 1. The lowest BCUT2D eigenvalue weighted by Gasteiger charge is -2.10. The van der Waals surface area contributed by atoms with Gasteiger partial charge in [0.2, 0.25) is 0 Å². The number of rotatable bonds is 4. The highest BCUT2D eigenvalue weighted by atomic mass is 16.4. The SMILES string of the molecule is CCC(C)c1cccc(CNC(=O)O)c1. The molecule has 15 heavy (non-hydrogen) atoms. The van der Waals surface area contributed by atoms with Crippen molar-refractivity contribution in [2.75, 3.05) is 0 Å². The third kappa shape index (κ3) is 3.62. The molecule has 0 saturated heterocycles. The minimum Gasteiger partial charge on any atom is -0.465 e. The Hall–Kier alpha value is -1.51. The number of benzene rings is 1. The molecule has 1 rings (SSSR count). The highest BCUT2D eigenvalue weighted by Gasteiger charge is 2.03. The number of carbonyl (C=O) groups is 1. The molecule has 1 amide bonds. The topological polar surface area (TPSA) is 49.3 Å². The molecular weight excluding hydrogens is 190 g/mol. The zero-order valence-electron chi connectivity index (χ0n) is 9.16. The second kappa shape index (κ2) is 5.39. The average molecular weight is 207 g/mol. The Balaban J connectivity index is 2.69. The van der Waals surface area contributed by atoms with Gasteiger partial charge in [0.1, 0.15) is 0 Å². The van der Waals surface area contributed by atoms with Crippen molar-refractivity contribution >= 4 is 6.09 Å². The van der Waals surface area contributed by atoms with E-state index < -0.39 is 6.09 Å². The summed E-state index contributed by atoms with van der Waals surface area (Å²) in [6.07, 6.45) is 0.111. The zero-order valence-corrected chi connectivity index (χ0v) is 9.16. The third-order valence-electron chi connectivity index (χ3n) is 2.58. The molecule has 1 atom stereocenters. The maximum absolute atomic E-state index is 10.3. The van der Waals surface area contributed by atoms with Crippen LogP contribution in [0.3, 0.4) is 0 Å². The Morgan fingerprint density at radius 3 is 2.87 bits per heavy atom. The van der Waals surface area contributed by atoms with Crippen LogP contribution >= 0.6 is 0 Å². The van der Waals surface area contributed by atoms with Crippen LogP contribution in [0.2, 0.25) is 0 Å². The highest BCUT2D eigenvalue weighted by Crippen LogP contribution is 2.19. The van der Waals surface area contributed by atoms with E-state index in [1.807, 2.05) is 12.1 Å². The van der Waals surface area contributed by atoms with Crippen LogP contribution in [0.15, 0.2) is 24.3 Å². The fraction of sp³-hybridized carbons (Fsp3) is 0.417. The number of nitrogens with one attached hydrogen (secondary N) is 1. The molecule has 1 unspecified atom stereocenters. The Morgan fingerprint density at radius 2 is 2.27 bits per heavy atom. The second-order valence-corrected chi connectivity index (χ2v) is 3.71. The zero-order chi connectivity index (χ0) is 11.3. The standard InChI is InChI=1S/C12H17NO2/c1-3-9(2)11-6-4-5-10(7-11)8-13-12(14)15/h4-7,9,13H,3,8H2,1-2H3,(H,14,15). The number of amides is 1. The molecule has 0 saturated carbocycles. The summed E-state index contributed by atoms with van der Waals surface area (Å²) in [4.78, 5) is 10.3. The molecule has 0 radical (unpaired) electrons. The van der Waals surface area contributed by atoms with Gasteiger partial charge in [-0.25, -0.2) is 4.79 Å². The molecule has 82 valence electrons. The summed E-state index contributed by atoms with van der Waals surface area (Å²) in [5.41, 5.74) is 2.28. The van der Waals surface area contributed by atoms with E-state index in [0.717, 1.165) is 12.0 Å². The van der Waals surface area contributed by atoms with Gasteiger partial charge in [-0.3, -0.25) is 0 Å². The predicted octanol–water partition coefficient (Wildman–Crippen LogP) is 2.97. The molecule has 0 fully saturated rings. The van der Waals surface area contributed by atoms with E-state index in [4.69, 9.17) is 5.11 Å². The van der Waals surface area contributed by atoms with Gasteiger partial charge in [-0.2, -0.15) is 0 Å². The lowest BCUT2D eigenvalue weighted by atomic mass is 9.97. The molecule has 1 aromatic rings. The average Bonchev–Trinajstić information content (AvgIpc) is 2.25. The van der Waals surface area contributed by atoms with Crippen molar-refractivity contribution < 1.29 is 9.90 Å². The van der Waals surface area contributed by atoms with Crippen molar-refractivity contribution in [2.45, 2.75) is 32.7 Å². The van der Waals surface area contributed by atoms with Crippen LogP contribution in [0, 0.1) is 0 Å². The van der Waals surface area contributed by atoms with Gasteiger partial charge in [0.25, 0.3) is 0 Å². The van der Waals surface area contributed by atoms with Gasteiger partial charge in [-0.05, 0) is 23.5 Å². The lowest BCUT2D eigenvalue weighted by Crippen LogP contribution is -2.19. The van der Waals surface area contributed by atoms with Gasteiger partial charge in [0.15, 0.2) is 0 Å². The largest absolute Gasteiger partial charge is 0.465 e. The van der Waals surface area contributed by atoms with Crippen LogP contribution < -0.4 is 5.32 Å². The first-order valence-corrected chi connectivity index (χ1v) is 5.19. The Labute approximate surface area is 90.1 Å². The van der Waals surface area contributed by atoms with Gasteiger partial charge in [-0.15, -0.1) is 0 Å². The molecule has 0 aliphatic rings. The Bertz CT molecular complexity index is 336. The second-order valence-electron chi connectivity index (χ2n) is 3.71. The monoisotopic (exact) mass is 207 g/mol. The molecule has 0 bridgehead atoms. The van der Waals surface area contributed by atoms with E-state index in [0.29, 0.717) is 12.5 Å². The highest BCUT2D eigenvalue weighted by molar-refractivity contribution is 5.64. The van der Waals surface area contributed by atoms with Gasteiger partial charge < -0.3 is 10.4 Å². The van der Waals surface area contributed by atoms with Crippen molar-refractivity contribution in [3.8, 4) is 0 Å². The van der Waals surface area contributed by atoms with Crippen molar-refractivity contribution in [3.63, 3.8) is 0 Å². The van der Waals surface area contributed by atoms with Crippen LogP contribution in [0.1, 0.15) is 37.3 Å². The summed E-state index contributed by atoms with van der Waals surface area (Å²) < 4.78 is 0. The molecule has 0 spiro atoms. The minimum absolute atomic E-state index is 0.375. The van der Waals surface area contributed by atoms with Gasteiger partial charge in [0.05, 0.1) is 0 Å². The van der Waals surface area contributed by atoms with Crippen LogP contribution in [0.4, 0.5) is 4.79 Å². The van der Waals surface area contributed by atoms with Crippen LogP contribution in [-0.2, 0) is 6.54 Å². The maximum atomic E-state index is 10.3. The summed E-state index contributed by atoms with van der Waals surface area (Å²) in [5, 5.41) is 10.9. The molecular formula is C12H17NO2. The maximum Gasteiger partial charge on any atom is 0.404 e. The van der Waals surface area contributed by atoms with E-state index in [9.17, 15) is 4.79 Å². The molecule has 3 heteroatoms. The summed E-state index contributed by atoms with van der Waals surface area (Å²) in [6.45, 7) is 4.69. The van der Waals surface area contributed by atoms with Crippen molar-refractivity contribution in [2.24, 2.45) is 0 Å². The molecule has 2 N–H and O–H groups in total. The summed E-state index contributed by atoms with van der Waals surface area (Å²) >= 11 is 0. The van der Waals surface area contributed by atoms with E-state index in [1.165, 1.54) is 5.56 Å². The Kier molecular flexibility index (Phi) is 4.16. The van der Waals surface area contributed by atoms with Crippen LogP contribution in [0.5, 0.6) is 0 Å². The van der Waals surface area contributed by atoms with E-state index in [1.54, 1.807) is 0 Å².